The van der Waals surface area contributed by atoms with Crippen molar-refractivity contribution in [2.24, 2.45) is 0 Å². The molecule has 0 radical (unpaired) electrons. The number of aromatic nitrogens is 3. The van der Waals surface area contributed by atoms with Crippen molar-refractivity contribution < 1.29 is 14.5 Å². The van der Waals surface area contributed by atoms with Crippen molar-refractivity contribution >= 4 is 55.0 Å². The van der Waals surface area contributed by atoms with Crippen molar-refractivity contribution in [1.82, 2.24) is 20.4 Å². The lowest BCUT2D eigenvalue weighted by atomic mass is 10.0. The van der Waals surface area contributed by atoms with E-state index in [1.165, 1.54) is 0 Å². The van der Waals surface area contributed by atoms with Gasteiger partial charge in [-0.2, -0.15) is 4.98 Å². The van der Waals surface area contributed by atoms with Gasteiger partial charge in [0.05, 0.1) is 4.92 Å². The number of hydrogen-bond acceptors (Lipinski definition) is 8. The van der Waals surface area contributed by atoms with Gasteiger partial charge in [0.25, 0.3) is 5.91 Å². The zero-order valence-electron chi connectivity index (χ0n) is 17.8. The quantitative estimate of drug-likeness (QED) is 0.220. The van der Waals surface area contributed by atoms with Crippen LogP contribution in [-0.2, 0) is 0 Å². The average Bonchev–Trinajstić information content (AvgIpc) is 2.88. The number of carbonyl (C=O) groups is 1. The van der Waals surface area contributed by atoms with Crippen LogP contribution < -0.4 is 15.6 Å². The second-order valence-electron chi connectivity index (χ2n) is 7.29. The van der Waals surface area contributed by atoms with E-state index < -0.39 is 16.5 Å². The molecule has 0 bridgehead atoms. The van der Waals surface area contributed by atoms with Crippen LogP contribution in [0.1, 0.15) is 10.4 Å². The van der Waals surface area contributed by atoms with Gasteiger partial charge >= 0.3 is 11.6 Å². The number of pyridine rings is 1. The van der Waals surface area contributed by atoms with E-state index in [9.17, 15) is 14.9 Å². The number of rotatable bonds is 6. The highest BCUT2D eigenvalue weighted by atomic mass is 79.9. The molecule has 5 aromatic rings. The van der Waals surface area contributed by atoms with Crippen LogP contribution in [-0.4, -0.2) is 25.8 Å². The predicted molar refractivity (Wildman–Crippen MR) is 133 cm³/mol. The number of nitrogens with zero attached hydrogens (tertiary/aromatic N) is 4. The van der Waals surface area contributed by atoms with E-state index >= 15 is 0 Å². The minimum atomic E-state index is -0.684. The lowest BCUT2D eigenvalue weighted by molar-refractivity contribution is -0.385. The number of fused-ring (bicyclic) bond motifs is 2. The van der Waals surface area contributed by atoms with Gasteiger partial charge in [-0.25, -0.2) is 4.98 Å². The molecule has 5 rings (SSSR count). The van der Waals surface area contributed by atoms with E-state index in [0.29, 0.717) is 11.1 Å². The van der Waals surface area contributed by atoms with Gasteiger partial charge in [0.1, 0.15) is 11.8 Å². The molecule has 2 N–H and O–H groups in total. The van der Waals surface area contributed by atoms with Crippen molar-refractivity contribution in [2.75, 3.05) is 5.43 Å². The van der Waals surface area contributed by atoms with Gasteiger partial charge in [-0.1, -0.05) is 58.4 Å². The summed E-state index contributed by atoms with van der Waals surface area (Å²) in [4.78, 5) is 36.2. The van der Waals surface area contributed by atoms with Crippen LogP contribution in [0.2, 0.25) is 0 Å². The number of hydrazine groups is 1. The van der Waals surface area contributed by atoms with Gasteiger partial charge in [0, 0.05) is 21.6 Å². The third kappa shape index (κ3) is 4.32. The molecule has 0 fully saturated rings. The highest BCUT2D eigenvalue weighted by molar-refractivity contribution is 9.10. The Bertz CT molecular complexity index is 1610. The van der Waals surface area contributed by atoms with Gasteiger partial charge in [-0.3, -0.25) is 30.7 Å². The first-order chi connectivity index (χ1) is 17.0. The largest absolute Gasteiger partial charge is 0.431 e. The summed E-state index contributed by atoms with van der Waals surface area (Å²) in [5.41, 5.74) is 5.36. The second-order valence-corrected chi connectivity index (χ2v) is 8.14. The van der Waals surface area contributed by atoms with Gasteiger partial charge in [0.2, 0.25) is 5.82 Å². The second kappa shape index (κ2) is 9.31. The molecule has 0 atom stereocenters. The van der Waals surface area contributed by atoms with Crippen molar-refractivity contribution in [3.63, 3.8) is 0 Å². The SMILES string of the molecule is O=C(NNc1ncnc(Oc2ccc(Br)c3cccnc23)c1[N+](=O)[O-])c1cccc2ccccc12. The minimum Gasteiger partial charge on any atom is -0.431 e. The Morgan fingerprint density at radius 2 is 1.74 bits per heavy atom. The lowest BCUT2D eigenvalue weighted by Gasteiger charge is -2.12. The molecule has 11 heteroatoms. The molecular weight excluding hydrogens is 516 g/mol. The molecule has 0 aliphatic rings. The van der Waals surface area contributed by atoms with Crippen LogP contribution in [0.5, 0.6) is 11.6 Å². The number of ether oxygens (including phenoxy) is 1. The summed E-state index contributed by atoms with van der Waals surface area (Å²) in [6.07, 6.45) is 2.69. The number of benzene rings is 3. The summed E-state index contributed by atoms with van der Waals surface area (Å²) in [5, 5.41) is 14.3. The van der Waals surface area contributed by atoms with Gasteiger partial charge in [-0.15, -0.1) is 0 Å². The Balaban J connectivity index is 1.45. The van der Waals surface area contributed by atoms with E-state index in [1.54, 1.807) is 36.5 Å². The van der Waals surface area contributed by atoms with Crippen molar-refractivity contribution in [2.45, 2.75) is 0 Å². The molecule has 1 amide bonds. The number of nitrogens with one attached hydrogen (secondary N) is 2. The first-order valence-corrected chi connectivity index (χ1v) is 11.1. The Labute approximate surface area is 206 Å². The topological polar surface area (TPSA) is 132 Å². The summed E-state index contributed by atoms with van der Waals surface area (Å²) >= 11 is 3.45. The van der Waals surface area contributed by atoms with Gasteiger partial charge < -0.3 is 4.74 Å². The van der Waals surface area contributed by atoms with E-state index in [4.69, 9.17) is 4.74 Å². The lowest BCUT2D eigenvalue weighted by Crippen LogP contribution is -2.30. The Morgan fingerprint density at radius 1 is 0.943 bits per heavy atom. The number of amides is 1. The van der Waals surface area contributed by atoms with Gasteiger partial charge in [0.15, 0.2) is 5.75 Å². The normalized spacial score (nSPS) is 10.8. The monoisotopic (exact) mass is 530 g/mol. The van der Waals surface area contributed by atoms with Crippen LogP contribution in [0.25, 0.3) is 21.7 Å². The molecule has 172 valence electrons. The molecule has 0 aliphatic heterocycles. The highest BCUT2D eigenvalue weighted by Gasteiger charge is 2.26. The molecule has 10 nitrogen and oxygen atoms in total. The zero-order valence-corrected chi connectivity index (χ0v) is 19.4. The molecule has 0 spiro atoms. The Kier molecular flexibility index (Phi) is 5.90. The fourth-order valence-electron chi connectivity index (χ4n) is 3.60. The molecular formula is C24H15BrN6O4. The molecule has 2 aromatic heterocycles. The number of halogens is 1. The maximum absolute atomic E-state index is 12.8. The summed E-state index contributed by atoms with van der Waals surface area (Å²) in [6, 6.07) is 19.7. The van der Waals surface area contributed by atoms with E-state index in [-0.39, 0.29) is 17.4 Å². The van der Waals surface area contributed by atoms with E-state index in [0.717, 1.165) is 27.0 Å². The molecule has 35 heavy (non-hydrogen) atoms. The van der Waals surface area contributed by atoms with E-state index in [1.807, 2.05) is 36.4 Å². The first kappa shape index (κ1) is 22.2. The Morgan fingerprint density at radius 3 is 2.60 bits per heavy atom. The first-order valence-electron chi connectivity index (χ1n) is 10.3. The van der Waals surface area contributed by atoms with Gasteiger partial charge in [-0.05, 0) is 35.0 Å². The Hall–Kier alpha value is -4.64. The smallest absolute Gasteiger partial charge is 0.374 e. The predicted octanol–water partition coefficient (Wildman–Crippen LogP) is 5.40. The maximum atomic E-state index is 12.8. The van der Waals surface area contributed by atoms with Crippen LogP contribution in [0.4, 0.5) is 11.5 Å². The van der Waals surface area contributed by atoms with Crippen molar-refractivity contribution in [3.05, 3.63) is 99.4 Å². The standard InChI is InChI=1S/C24H15BrN6O4/c25-18-10-11-19(20-17(18)9-4-12-26-20)35-24-21(31(33)34)22(27-13-28-24)29-30-23(32)16-8-3-6-14-5-1-2-7-15(14)16/h1-13H,(H,30,32)(H,27,28,29). The highest BCUT2D eigenvalue weighted by Crippen LogP contribution is 2.37. The fourth-order valence-corrected chi connectivity index (χ4v) is 4.05. The third-order valence-electron chi connectivity index (χ3n) is 5.19. The van der Waals surface area contributed by atoms with E-state index in [2.05, 4.69) is 41.7 Å². The summed E-state index contributed by atoms with van der Waals surface area (Å²) < 4.78 is 6.60. The van der Waals surface area contributed by atoms with Crippen LogP contribution >= 0.6 is 15.9 Å². The summed E-state index contributed by atoms with van der Waals surface area (Å²) in [5.74, 6) is -0.749. The number of anilines is 1. The number of hydrogen-bond donors (Lipinski definition) is 2. The number of carbonyl (C=O) groups excluding carboxylic acids is 1. The summed E-state index contributed by atoms with van der Waals surface area (Å²) in [6.45, 7) is 0. The third-order valence-corrected chi connectivity index (χ3v) is 5.88. The molecule has 0 saturated heterocycles. The van der Waals surface area contributed by atoms with Crippen LogP contribution in [0.3, 0.4) is 0 Å². The molecule has 0 aliphatic carbocycles. The molecule has 0 unspecified atom stereocenters. The fraction of sp³-hybridized carbons (Fsp3) is 0. The average molecular weight is 531 g/mol. The molecule has 3 aromatic carbocycles. The maximum Gasteiger partial charge on any atom is 0.374 e. The molecule has 2 heterocycles. The van der Waals surface area contributed by atoms with Crippen molar-refractivity contribution in [3.8, 4) is 11.6 Å². The van der Waals surface area contributed by atoms with Crippen LogP contribution in [0, 0.1) is 10.1 Å². The molecule has 0 saturated carbocycles. The van der Waals surface area contributed by atoms with Crippen molar-refractivity contribution in [1.29, 1.82) is 0 Å². The van der Waals surface area contributed by atoms with Crippen LogP contribution in [0.15, 0.2) is 83.7 Å². The number of nitro groups is 1. The minimum absolute atomic E-state index is 0.233. The zero-order chi connectivity index (χ0) is 24.4. The summed E-state index contributed by atoms with van der Waals surface area (Å²) in [7, 11) is 0.